The van der Waals surface area contributed by atoms with Crippen LogP contribution in [0.4, 0.5) is 0 Å². The summed E-state index contributed by atoms with van der Waals surface area (Å²) < 4.78 is 1.22. The largest absolute Gasteiger partial charge is 0.227 e. The zero-order chi connectivity index (χ0) is 32.6. The molecule has 0 saturated heterocycles. The van der Waals surface area contributed by atoms with Crippen molar-refractivity contribution in [1.82, 2.24) is 9.97 Å². The zero-order valence-corrected chi connectivity index (χ0v) is 27.4. The summed E-state index contributed by atoms with van der Waals surface area (Å²) >= 11 is 1.73. The van der Waals surface area contributed by atoms with Gasteiger partial charge >= 0.3 is 0 Å². The molecule has 9 aromatic rings. The molecule has 0 aliphatic heterocycles. The van der Waals surface area contributed by atoms with Crippen LogP contribution in [0.2, 0.25) is 0 Å². The van der Waals surface area contributed by atoms with Crippen LogP contribution >= 0.6 is 11.3 Å². The van der Waals surface area contributed by atoms with Crippen LogP contribution in [0.25, 0.3) is 87.5 Å². The normalized spacial score (nSPS) is 11.3. The lowest BCUT2D eigenvalue weighted by molar-refractivity contribution is 1.24. The monoisotopic (exact) mass is 642 g/mol. The van der Waals surface area contributed by atoms with Crippen molar-refractivity contribution >= 4 is 31.6 Å². The van der Waals surface area contributed by atoms with E-state index in [-0.39, 0.29) is 0 Å². The number of benzene rings is 7. The molecular weight excluding hydrogens is 613 g/mol. The van der Waals surface area contributed by atoms with Crippen molar-refractivity contribution in [3.63, 3.8) is 0 Å². The first kappa shape index (κ1) is 29.0. The van der Waals surface area contributed by atoms with E-state index in [1.807, 2.05) is 0 Å². The van der Waals surface area contributed by atoms with Crippen molar-refractivity contribution in [3.8, 4) is 67.2 Å². The molecule has 0 aliphatic rings. The molecule has 0 N–H and O–H groups in total. The van der Waals surface area contributed by atoms with Crippen molar-refractivity contribution in [1.29, 1.82) is 0 Å². The van der Waals surface area contributed by atoms with E-state index in [4.69, 9.17) is 9.97 Å². The minimum atomic E-state index is 0.732. The van der Waals surface area contributed by atoms with Gasteiger partial charge in [0.15, 0.2) is 5.82 Å². The van der Waals surface area contributed by atoms with Gasteiger partial charge in [-0.2, -0.15) is 0 Å². The molecule has 0 amide bonds. The van der Waals surface area contributed by atoms with E-state index in [1.54, 1.807) is 11.3 Å². The number of thiophene rings is 1. The van der Waals surface area contributed by atoms with Crippen LogP contribution in [0.15, 0.2) is 182 Å². The smallest absolute Gasteiger partial charge is 0.161 e. The average Bonchev–Trinajstić information content (AvgIpc) is 3.57. The second-order valence-corrected chi connectivity index (χ2v) is 13.3. The first-order valence-corrected chi connectivity index (χ1v) is 17.3. The maximum Gasteiger partial charge on any atom is 0.161 e. The molecule has 0 bridgehead atoms. The predicted octanol–water partition coefficient (Wildman–Crippen LogP) is 12.8. The Morgan fingerprint density at radius 2 is 0.755 bits per heavy atom. The molecule has 230 valence electrons. The second kappa shape index (κ2) is 12.5. The van der Waals surface area contributed by atoms with Crippen LogP contribution in [-0.2, 0) is 0 Å². The van der Waals surface area contributed by atoms with Gasteiger partial charge < -0.3 is 0 Å². The lowest BCUT2D eigenvalue weighted by Gasteiger charge is -2.11. The van der Waals surface area contributed by atoms with Gasteiger partial charge in [-0.25, -0.2) is 9.97 Å². The molecule has 2 aromatic heterocycles. The summed E-state index contributed by atoms with van der Waals surface area (Å²) in [6, 6.07) is 64.5. The summed E-state index contributed by atoms with van der Waals surface area (Å²) in [4.78, 5) is 11.5. The molecule has 2 heterocycles. The Labute approximate surface area is 289 Å². The molecule has 0 spiro atoms. The first-order valence-electron chi connectivity index (χ1n) is 16.5. The van der Waals surface area contributed by atoms with E-state index in [0.717, 1.165) is 44.0 Å². The third kappa shape index (κ3) is 5.61. The highest BCUT2D eigenvalue weighted by molar-refractivity contribution is 7.25. The fraction of sp³-hybridized carbons (Fsp3) is 0. The van der Waals surface area contributed by atoms with Crippen molar-refractivity contribution < 1.29 is 0 Å². The summed E-state index contributed by atoms with van der Waals surface area (Å²) in [6.45, 7) is 0. The molecule has 49 heavy (non-hydrogen) atoms. The Balaban J connectivity index is 1.10. The molecule has 0 fully saturated rings. The van der Waals surface area contributed by atoms with Gasteiger partial charge in [-0.05, 0) is 62.7 Å². The molecule has 9 rings (SSSR count). The van der Waals surface area contributed by atoms with Crippen molar-refractivity contribution in [3.05, 3.63) is 182 Å². The first-order chi connectivity index (χ1) is 24.3. The summed E-state index contributed by atoms with van der Waals surface area (Å²) in [6.07, 6.45) is 0. The summed E-state index contributed by atoms with van der Waals surface area (Å²) in [5.41, 5.74) is 12.5. The minimum absolute atomic E-state index is 0.732. The number of rotatable bonds is 6. The summed E-state index contributed by atoms with van der Waals surface area (Å²) in [7, 11) is 0. The van der Waals surface area contributed by atoms with Crippen LogP contribution in [0.5, 0.6) is 0 Å². The molecule has 0 unspecified atom stereocenters. The fourth-order valence-electron chi connectivity index (χ4n) is 6.61. The topological polar surface area (TPSA) is 25.8 Å². The molecule has 3 heteroatoms. The van der Waals surface area contributed by atoms with Gasteiger partial charge in [-0.15, -0.1) is 11.3 Å². The molecule has 0 saturated carbocycles. The Bertz CT molecular complexity index is 2570. The number of nitrogens with zero attached hydrogens (tertiary/aromatic N) is 2. The quantitative estimate of drug-likeness (QED) is 0.180. The van der Waals surface area contributed by atoms with Gasteiger partial charge in [0.25, 0.3) is 0 Å². The molecule has 0 aliphatic carbocycles. The third-order valence-electron chi connectivity index (χ3n) is 9.15. The van der Waals surface area contributed by atoms with E-state index < -0.39 is 0 Å². The van der Waals surface area contributed by atoms with Crippen LogP contribution in [-0.4, -0.2) is 9.97 Å². The van der Waals surface area contributed by atoms with Crippen molar-refractivity contribution in [2.45, 2.75) is 0 Å². The Hall–Kier alpha value is -6.16. The number of fused-ring (bicyclic) bond motifs is 3. The van der Waals surface area contributed by atoms with Gasteiger partial charge in [-0.3, -0.25) is 0 Å². The third-order valence-corrected chi connectivity index (χ3v) is 10.2. The van der Waals surface area contributed by atoms with Crippen LogP contribution in [0.1, 0.15) is 0 Å². The highest BCUT2D eigenvalue weighted by Crippen LogP contribution is 2.40. The Kier molecular flexibility index (Phi) is 7.38. The standard InChI is InChI=1S/C46H30N2S/c1-3-11-31(12-4-1)33-21-23-35(24-22-33)37-15-9-16-38(29-37)39-17-10-18-40(30-39)45-47-44(43-41-19-7-8-20-42(41)49-46(43)48-45)36-27-25-34(26-28-36)32-13-5-2-6-14-32/h1-30H. The highest BCUT2D eigenvalue weighted by atomic mass is 32.1. The number of hydrogen-bond donors (Lipinski definition) is 0. The van der Waals surface area contributed by atoms with Gasteiger partial charge in [0, 0.05) is 26.6 Å². The van der Waals surface area contributed by atoms with Gasteiger partial charge in [0.1, 0.15) is 4.83 Å². The van der Waals surface area contributed by atoms with Crippen LogP contribution in [0.3, 0.4) is 0 Å². The lowest BCUT2D eigenvalue weighted by atomic mass is 9.96. The lowest BCUT2D eigenvalue weighted by Crippen LogP contribution is -1.94. The summed E-state index contributed by atoms with van der Waals surface area (Å²) in [5.74, 6) is 0.732. The molecule has 2 nitrogen and oxygen atoms in total. The fourth-order valence-corrected chi connectivity index (χ4v) is 7.69. The average molecular weight is 643 g/mol. The van der Waals surface area contributed by atoms with Crippen LogP contribution < -0.4 is 0 Å². The molecule has 0 radical (unpaired) electrons. The van der Waals surface area contributed by atoms with E-state index in [9.17, 15) is 0 Å². The number of aromatic nitrogens is 2. The van der Waals surface area contributed by atoms with E-state index in [1.165, 1.54) is 43.5 Å². The van der Waals surface area contributed by atoms with Crippen LogP contribution in [0, 0.1) is 0 Å². The minimum Gasteiger partial charge on any atom is -0.227 e. The Morgan fingerprint density at radius 3 is 1.37 bits per heavy atom. The highest BCUT2D eigenvalue weighted by Gasteiger charge is 2.17. The number of hydrogen-bond acceptors (Lipinski definition) is 3. The van der Waals surface area contributed by atoms with Crippen molar-refractivity contribution in [2.24, 2.45) is 0 Å². The Morgan fingerprint density at radius 1 is 0.327 bits per heavy atom. The van der Waals surface area contributed by atoms with Gasteiger partial charge in [0.2, 0.25) is 0 Å². The summed E-state index contributed by atoms with van der Waals surface area (Å²) in [5, 5.41) is 2.30. The van der Waals surface area contributed by atoms with Gasteiger partial charge in [-0.1, -0.05) is 164 Å². The molecule has 7 aromatic carbocycles. The maximum absolute atomic E-state index is 5.29. The second-order valence-electron chi connectivity index (χ2n) is 12.2. The van der Waals surface area contributed by atoms with E-state index in [0.29, 0.717) is 0 Å². The SMILES string of the molecule is c1ccc(-c2ccc(-c3cccc(-c4cccc(-c5nc(-c6ccc(-c7ccccc7)cc6)c6c(n5)sc5ccccc56)c4)c3)cc2)cc1. The molecule has 0 atom stereocenters. The molecular formula is C46H30N2S. The van der Waals surface area contributed by atoms with Gasteiger partial charge in [0.05, 0.1) is 5.69 Å². The maximum atomic E-state index is 5.29. The predicted molar refractivity (Wildman–Crippen MR) is 208 cm³/mol. The zero-order valence-electron chi connectivity index (χ0n) is 26.6. The van der Waals surface area contributed by atoms with E-state index in [2.05, 4.69) is 182 Å². The van der Waals surface area contributed by atoms with E-state index >= 15 is 0 Å². The van der Waals surface area contributed by atoms with Crippen molar-refractivity contribution in [2.75, 3.05) is 0 Å².